The van der Waals surface area contributed by atoms with E-state index >= 15 is 0 Å². The van der Waals surface area contributed by atoms with Gasteiger partial charge in [0.15, 0.2) is 0 Å². The van der Waals surface area contributed by atoms with Gasteiger partial charge in [-0.05, 0) is 109 Å². The number of hydrogen-bond acceptors (Lipinski definition) is 2. The third kappa shape index (κ3) is 2.75. The minimum atomic E-state index is -0.557. The van der Waals surface area contributed by atoms with Crippen molar-refractivity contribution in [2.75, 3.05) is 0 Å². The predicted octanol–water partition coefficient (Wildman–Crippen LogP) is 7.09. The number of carboxylic acid groups (broad SMARTS) is 1. The zero-order chi connectivity index (χ0) is 24.2. The van der Waals surface area contributed by atoms with Gasteiger partial charge in [0.2, 0.25) is 0 Å². The first-order valence-electron chi connectivity index (χ1n) is 13.9. The van der Waals surface area contributed by atoms with Gasteiger partial charge in [-0.1, -0.05) is 60.1 Å². The Kier molecular flexibility index (Phi) is 5.15. The molecule has 0 saturated heterocycles. The third-order valence-corrected chi connectivity index (χ3v) is 13.4. The van der Waals surface area contributed by atoms with Gasteiger partial charge in [-0.3, -0.25) is 4.79 Å². The molecule has 5 aliphatic rings. The highest BCUT2D eigenvalue weighted by Gasteiger charge is 2.69. The number of aliphatic carboxylic acids is 1. The fourth-order valence-corrected chi connectivity index (χ4v) is 10.8. The molecule has 0 unspecified atom stereocenters. The van der Waals surface area contributed by atoms with Gasteiger partial charge in [0.1, 0.15) is 0 Å². The first-order valence-corrected chi connectivity index (χ1v) is 13.9. The number of fused-ring (bicyclic) bond motifs is 7. The zero-order valence-corrected chi connectivity index (χ0v) is 22.2. The highest BCUT2D eigenvalue weighted by atomic mass is 16.4. The van der Waals surface area contributed by atoms with Crippen LogP contribution in [0, 0.1) is 56.7 Å². The van der Waals surface area contributed by atoms with Gasteiger partial charge in [0.25, 0.3) is 0 Å². The van der Waals surface area contributed by atoms with Crippen LogP contribution in [0.25, 0.3) is 0 Å². The molecule has 4 fully saturated rings. The van der Waals surface area contributed by atoms with Gasteiger partial charge in [-0.2, -0.15) is 0 Å². The minimum absolute atomic E-state index is 0.0302. The molecule has 186 valence electrons. The lowest BCUT2D eigenvalue weighted by Crippen LogP contribution is -2.65. The molecule has 0 heterocycles. The van der Waals surface area contributed by atoms with Gasteiger partial charge < -0.3 is 10.2 Å². The van der Waals surface area contributed by atoms with Crippen LogP contribution in [0.15, 0.2) is 11.6 Å². The van der Waals surface area contributed by atoms with Crippen molar-refractivity contribution in [3.63, 3.8) is 0 Å². The summed E-state index contributed by atoms with van der Waals surface area (Å²) >= 11 is 0. The summed E-state index contributed by atoms with van der Waals surface area (Å²) < 4.78 is 0. The van der Waals surface area contributed by atoms with Crippen LogP contribution < -0.4 is 0 Å². The lowest BCUT2D eigenvalue weighted by molar-refractivity contribution is -0.206. The number of allylic oxidation sites excluding steroid dienone is 2. The molecule has 0 aromatic rings. The van der Waals surface area contributed by atoms with Crippen molar-refractivity contribution in [3.8, 4) is 0 Å². The fourth-order valence-electron chi connectivity index (χ4n) is 10.8. The van der Waals surface area contributed by atoms with Crippen LogP contribution in [-0.2, 0) is 4.79 Å². The molecular formula is C30H48O3. The molecule has 0 aromatic heterocycles. The highest BCUT2D eigenvalue weighted by Crippen LogP contribution is 2.75. The van der Waals surface area contributed by atoms with E-state index in [4.69, 9.17) is 0 Å². The van der Waals surface area contributed by atoms with Crippen LogP contribution in [0.2, 0.25) is 0 Å². The number of aliphatic hydroxyl groups is 1. The average molecular weight is 457 g/mol. The van der Waals surface area contributed by atoms with Crippen LogP contribution in [0.1, 0.15) is 106 Å². The smallest absolute Gasteiger partial charge is 0.310 e. The van der Waals surface area contributed by atoms with E-state index in [1.165, 1.54) is 18.4 Å². The monoisotopic (exact) mass is 456 g/mol. The lowest BCUT2D eigenvalue weighted by Gasteiger charge is -2.71. The van der Waals surface area contributed by atoms with Crippen molar-refractivity contribution in [3.05, 3.63) is 11.6 Å². The molecule has 3 nitrogen and oxygen atoms in total. The van der Waals surface area contributed by atoms with E-state index in [-0.39, 0.29) is 33.7 Å². The van der Waals surface area contributed by atoms with E-state index in [2.05, 4.69) is 54.5 Å². The average Bonchev–Trinajstić information content (AvgIpc) is 2.74. The molecule has 5 aliphatic carbocycles. The predicted molar refractivity (Wildman–Crippen MR) is 133 cm³/mol. The second kappa shape index (κ2) is 7.11. The van der Waals surface area contributed by atoms with E-state index in [0.29, 0.717) is 23.7 Å². The number of carboxylic acids is 1. The van der Waals surface area contributed by atoms with E-state index in [9.17, 15) is 15.0 Å². The Labute approximate surface area is 201 Å². The first kappa shape index (κ1) is 23.9. The Morgan fingerprint density at radius 1 is 0.909 bits per heavy atom. The van der Waals surface area contributed by atoms with Crippen LogP contribution in [0.3, 0.4) is 0 Å². The maximum Gasteiger partial charge on any atom is 0.310 e. The molecular weight excluding hydrogens is 408 g/mol. The standard InChI is InChI=1S/C30H48O3/c1-18-10-15-30(25(32)33)17-16-28(6)20(24(30)19(18)2)8-9-22-27(5)13-12-23(31)26(3,4)21(27)11-14-29(22,28)7/h8,18-19,21-24,31H,9-17H2,1-7H3,(H,32,33)/t18-,19+,21+,22-,23+,24+,27+,28-,29-,30+/m0/s1. The second-order valence-electron chi connectivity index (χ2n) is 14.5. The molecule has 4 saturated carbocycles. The quantitative estimate of drug-likeness (QED) is 0.414. The number of aliphatic hydroxyl groups excluding tert-OH is 1. The molecule has 0 bridgehead atoms. The van der Waals surface area contributed by atoms with Crippen LogP contribution in [0.5, 0.6) is 0 Å². The summed E-state index contributed by atoms with van der Waals surface area (Å²) in [5.74, 6) is 1.82. The maximum atomic E-state index is 12.8. The van der Waals surface area contributed by atoms with Crippen molar-refractivity contribution in [1.82, 2.24) is 0 Å². The molecule has 0 aliphatic heterocycles. The van der Waals surface area contributed by atoms with Crippen molar-refractivity contribution in [1.29, 1.82) is 0 Å². The van der Waals surface area contributed by atoms with E-state index in [1.807, 2.05) is 0 Å². The third-order valence-electron chi connectivity index (χ3n) is 13.4. The van der Waals surface area contributed by atoms with E-state index in [1.54, 1.807) is 0 Å². The van der Waals surface area contributed by atoms with Gasteiger partial charge >= 0.3 is 5.97 Å². The summed E-state index contributed by atoms with van der Waals surface area (Å²) in [5.41, 5.74) is 1.46. The van der Waals surface area contributed by atoms with Gasteiger partial charge in [-0.15, -0.1) is 0 Å². The molecule has 33 heavy (non-hydrogen) atoms. The van der Waals surface area contributed by atoms with Crippen molar-refractivity contribution >= 4 is 5.97 Å². The normalized spacial score (nSPS) is 55.3. The largest absolute Gasteiger partial charge is 0.481 e. The SMILES string of the molecule is C[C@@H]1[C@@H](C)CC[C@@]2(C(=O)O)CC[C@@]3(C)C(=CC[C@H]4[C@]5(C)CC[C@@H](O)C(C)(C)[C@H]5CC[C@@]43C)[C@@H]12. The number of carbonyl (C=O) groups is 1. The Morgan fingerprint density at radius 3 is 2.27 bits per heavy atom. The van der Waals surface area contributed by atoms with Gasteiger partial charge in [0.05, 0.1) is 11.5 Å². The summed E-state index contributed by atoms with van der Waals surface area (Å²) in [7, 11) is 0. The van der Waals surface area contributed by atoms with E-state index in [0.717, 1.165) is 44.9 Å². The van der Waals surface area contributed by atoms with Crippen molar-refractivity contribution < 1.29 is 15.0 Å². The van der Waals surface area contributed by atoms with Crippen molar-refractivity contribution in [2.45, 2.75) is 112 Å². The first-order chi connectivity index (χ1) is 15.3. The molecule has 0 radical (unpaired) electrons. The van der Waals surface area contributed by atoms with Crippen LogP contribution in [-0.4, -0.2) is 22.3 Å². The summed E-state index contributed by atoms with van der Waals surface area (Å²) in [5, 5.41) is 21.4. The van der Waals surface area contributed by atoms with E-state index < -0.39 is 11.4 Å². The second-order valence-corrected chi connectivity index (χ2v) is 14.5. The summed E-state index contributed by atoms with van der Waals surface area (Å²) in [6, 6.07) is 0. The molecule has 0 aromatic carbocycles. The Balaban J connectivity index is 1.61. The van der Waals surface area contributed by atoms with Gasteiger partial charge in [0, 0.05) is 0 Å². The highest BCUT2D eigenvalue weighted by molar-refractivity contribution is 5.76. The van der Waals surface area contributed by atoms with Crippen LogP contribution >= 0.6 is 0 Å². The molecule has 5 rings (SSSR count). The molecule has 3 heteroatoms. The Morgan fingerprint density at radius 2 is 1.61 bits per heavy atom. The molecule has 2 N–H and O–H groups in total. The number of hydrogen-bond donors (Lipinski definition) is 2. The zero-order valence-electron chi connectivity index (χ0n) is 22.2. The topological polar surface area (TPSA) is 57.5 Å². The Bertz CT molecular complexity index is 874. The fraction of sp³-hybridized carbons (Fsp3) is 0.900. The van der Waals surface area contributed by atoms with Crippen molar-refractivity contribution in [2.24, 2.45) is 56.7 Å². The van der Waals surface area contributed by atoms with Gasteiger partial charge in [-0.25, -0.2) is 0 Å². The summed E-state index contributed by atoms with van der Waals surface area (Å²) in [4.78, 5) is 12.8. The maximum absolute atomic E-state index is 12.8. The number of rotatable bonds is 1. The summed E-state index contributed by atoms with van der Waals surface area (Å²) in [6.45, 7) is 17.0. The Hall–Kier alpha value is -0.830. The summed E-state index contributed by atoms with van der Waals surface area (Å²) in [6.07, 6.45) is 11.6. The van der Waals surface area contributed by atoms with Crippen LogP contribution in [0.4, 0.5) is 0 Å². The lowest BCUT2D eigenvalue weighted by atomic mass is 9.33. The molecule has 10 atom stereocenters. The molecule has 0 amide bonds. The minimum Gasteiger partial charge on any atom is -0.481 e. The molecule has 0 spiro atoms.